The van der Waals surface area contributed by atoms with Crippen molar-refractivity contribution in [3.63, 3.8) is 0 Å². The maximum Gasteiger partial charge on any atom is 0.207 e. The molecular formula is C24H19ClN2O2. The Hall–Kier alpha value is -3.21. The molecule has 0 saturated carbocycles. The molecule has 0 amide bonds. The minimum Gasteiger partial charge on any atom is -0.459 e. The summed E-state index contributed by atoms with van der Waals surface area (Å²) in [5.74, 6) is 1.89. The Labute approximate surface area is 173 Å². The minimum atomic E-state index is -0.207. The van der Waals surface area contributed by atoms with Crippen molar-refractivity contribution < 1.29 is 9.25 Å². The molecule has 1 aliphatic heterocycles. The molecule has 4 nitrogen and oxygen atoms in total. The lowest BCUT2D eigenvalue weighted by atomic mass is 10.0. The zero-order chi connectivity index (χ0) is 19.8. The number of benzene rings is 3. The van der Waals surface area contributed by atoms with Crippen LogP contribution in [0.2, 0.25) is 5.02 Å². The summed E-state index contributed by atoms with van der Waals surface area (Å²) in [6, 6.07) is 25.9. The molecule has 1 aliphatic rings. The number of hydrogen-bond donors (Lipinski definition) is 1. The molecular weight excluding hydrogens is 384 g/mol. The lowest BCUT2D eigenvalue weighted by molar-refractivity contribution is -0.131. The Morgan fingerprint density at radius 1 is 0.931 bits per heavy atom. The lowest BCUT2D eigenvalue weighted by Crippen LogP contribution is -2.23. The maximum absolute atomic E-state index is 6.13. The fraction of sp³-hybridized carbons (Fsp3) is 0.0833. The van der Waals surface area contributed by atoms with Crippen molar-refractivity contribution in [1.82, 2.24) is 5.06 Å². The van der Waals surface area contributed by atoms with Crippen LogP contribution in [-0.2, 0) is 11.4 Å². The van der Waals surface area contributed by atoms with Crippen molar-refractivity contribution >= 4 is 22.4 Å². The van der Waals surface area contributed by atoms with Crippen molar-refractivity contribution in [2.24, 2.45) is 5.73 Å². The first-order chi connectivity index (χ1) is 14.2. The fourth-order valence-electron chi connectivity index (χ4n) is 3.72. The molecule has 1 unspecified atom stereocenters. The highest BCUT2D eigenvalue weighted by Gasteiger charge is 2.30. The van der Waals surface area contributed by atoms with Gasteiger partial charge in [-0.1, -0.05) is 66.2 Å². The van der Waals surface area contributed by atoms with E-state index in [4.69, 9.17) is 26.6 Å². The second-order valence-corrected chi connectivity index (χ2v) is 7.47. The molecule has 5 rings (SSSR count). The molecule has 1 aromatic heterocycles. The SMILES string of the molecule is NC1=CC(c2ccc(-c3cccc(Cl)c3)o2)N(Cc2cccc3ccccc23)O1. The van der Waals surface area contributed by atoms with Gasteiger partial charge in [-0.05, 0) is 40.6 Å². The molecule has 0 fully saturated rings. The Kier molecular flexibility index (Phi) is 4.51. The van der Waals surface area contributed by atoms with E-state index in [0.717, 1.165) is 22.6 Å². The summed E-state index contributed by atoms with van der Waals surface area (Å²) in [5.41, 5.74) is 8.09. The molecule has 0 aliphatic carbocycles. The van der Waals surface area contributed by atoms with Gasteiger partial charge in [-0.2, -0.15) is 0 Å². The van der Waals surface area contributed by atoms with Crippen molar-refractivity contribution in [2.75, 3.05) is 0 Å². The van der Waals surface area contributed by atoms with E-state index in [9.17, 15) is 0 Å². The summed E-state index contributed by atoms with van der Waals surface area (Å²) >= 11 is 6.11. The van der Waals surface area contributed by atoms with Crippen LogP contribution in [-0.4, -0.2) is 5.06 Å². The van der Waals surface area contributed by atoms with E-state index in [0.29, 0.717) is 17.5 Å². The van der Waals surface area contributed by atoms with Gasteiger partial charge in [-0.15, -0.1) is 5.06 Å². The first kappa shape index (κ1) is 17.9. The largest absolute Gasteiger partial charge is 0.459 e. The molecule has 0 saturated heterocycles. The Morgan fingerprint density at radius 2 is 1.76 bits per heavy atom. The van der Waals surface area contributed by atoms with Crippen molar-refractivity contribution in [3.05, 3.63) is 107 Å². The van der Waals surface area contributed by atoms with E-state index in [2.05, 4.69) is 30.3 Å². The number of fused-ring (bicyclic) bond motifs is 1. The third kappa shape index (κ3) is 3.48. The Morgan fingerprint density at radius 3 is 2.66 bits per heavy atom. The maximum atomic E-state index is 6.13. The van der Waals surface area contributed by atoms with E-state index in [1.807, 2.05) is 59.7 Å². The molecule has 0 spiro atoms. The van der Waals surface area contributed by atoms with E-state index in [1.54, 1.807) is 0 Å². The predicted octanol–water partition coefficient (Wildman–Crippen LogP) is 6.04. The van der Waals surface area contributed by atoms with Gasteiger partial charge in [-0.3, -0.25) is 0 Å². The number of hydrogen-bond acceptors (Lipinski definition) is 4. The molecule has 1 atom stereocenters. The van der Waals surface area contributed by atoms with Gasteiger partial charge in [0.2, 0.25) is 5.88 Å². The molecule has 2 heterocycles. The first-order valence-electron chi connectivity index (χ1n) is 9.41. The standard InChI is InChI=1S/C24H19ClN2O2/c25-19-9-4-7-17(13-19)22-11-12-23(28-22)21-14-24(26)29-27(21)15-18-8-3-6-16-5-1-2-10-20(16)18/h1-14,21H,15,26H2. The highest BCUT2D eigenvalue weighted by Crippen LogP contribution is 2.35. The average molecular weight is 403 g/mol. The highest BCUT2D eigenvalue weighted by atomic mass is 35.5. The third-order valence-electron chi connectivity index (χ3n) is 5.09. The van der Waals surface area contributed by atoms with E-state index < -0.39 is 0 Å². The molecule has 0 radical (unpaired) electrons. The van der Waals surface area contributed by atoms with Gasteiger partial charge in [0.15, 0.2) is 0 Å². The lowest BCUT2D eigenvalue weighted by Gasteiger charge is -2.22. The minimum absolute atomic E-state index is 0.207. The summed E-state index contributed by atoms with van der Waals surface area (Å²) in [7, 11) is 0. The summed E-state index contributed by atoms with van der Waals surface area (Å²) in [4.78, 5) is 5.81. The quantitative estimate of drug-likeness (QED) is 0.452. The molecule has 5 heteroatoms. The van der Waals surface area contributed by atoms with Crippen LogP contribution in [0.5, 0.6) is 0 Å². The van der Waals surface area contributed by atoms with E-state index >= 15 is 0 Å². The predicted molar refractivity (Wildman–Crippen MR) is 115 cm³/mol. The number of nitrogens with two attached hydrogens (primary N) is 1. The van der Waals surface area contributed by atoms with E-state index in [1.165, 1.54) is 10.8 Å². The summed E-state index contributed by atoms with van der Waals surface area (Å²) in [6.45, 7) is 0.580. The van der Waals surface area contributed by atoms with Crippen LogP contribution >= 0.6 is 11.6 Å². The number of furan rings is 1. The second kappa shape index (κ2) is 7.32. The fourth-order valence-corrected chi connectivity index (χ4v) is 3.91. The van der Waals surface area contributed by atoms with Crippen molar-refractivity contribution in [2.45, 2.75) is 12.6 Å². The van der Waals surface area contributed by atoms with Gasteiger partial charge < -0.3 is 15.0 Å². The molecule has 4 aromatic rings. The van der Waals surface area contributed by atoms with Crippen LogP contribution in [0.25, 0.3) is 22.1 Å². The summed E-state index contributed by atoms with van der Waals surface area (Å²) in [6.07, 6.45) is 1.87. The Balaban J connectivity index is 1.45. The van der Waals surface area contributed by atoms with Gasteiger partial charge in [-0.25, -0.2) is 0 Å². The third-order valence-corrected chi connectivity index (χ3v) is 5.32. The van der Waals surface area contributed by atoms with Crippen LogP contribution in [0.4, 0.5) is 0 Å². The van der Waals surface area contributed by atoms with Gasteiger partial charge in [0.25, 0.3) is 0 Å². The number of rotatable bonds is 4. The zero-order valence-corrected chi connectivity index (χ0v) is 16.3. The zero-order valence-electron chi connectivity index (χ0n) is 15.6. The smallest absolute Gasteiger partial charge is 0.207 e. The van der Waals surface area contributed by atoms with Crippen molar-refractivity contribution in [1.29, 1.82) is 0 Å². The van der Waals surface area contributed by atoms with Crippen LogP contribution in [0.3, 0.4) is 0 Å². The van der Waals surface area contributed by atoms with Crippen molar-refractivity contribution in [3.8, 4) is 11.3 Å². The van der Waals surface area contributed by atoms with Gasteiger partial charge in [0.05, 0.1) is 6.54 Å². The molecule has 29 heavy (non-hydrogen) atoms. The monoisotopic (exact) mass is 402 g/mol. The topological polar surface area (TPSA) is 51.6 Å². The van der Waals surface area contributed by atoms with Crippen LogP contribution in [0, 0.1) is 0 Å². The van der Waals surface area contributed by atoms with Gasteiger partial charge >= 0.3 is 0 Å². The van der Waals surface area contributed by atoms with Gasteiger partial charge in [0.1, 0.15) is 17.6 Å². The molecule has 144 valence electrons. The first-order valence-corrected chi connectivity index (χ1v) is 9.79. The van der Waals surface area contributed by atoms with Crippen LogP contribution in [0.1, 0.15) is 17.4 Å². The molecule has 0 bridgehead atoms. The number of halogens is 1. The van der Waals surface area contributed by atoms with E-state index in [-0.39, 0.29) is 6.04 Å². The second-order valence-electron chi connectivity index (χ2n) is 7.03. The summed E-state index contributed by atoms with van der Waals surface area (Å²) < 4.78 is 6.13. The Bertz CT molecular complexity index is 1210. The van der Waals surface area contributed by atoms with Crippen LogP contribution in [0.15, 0.2) is 95.2 Å². The number of nitrogens with zero attached hydrogens (tertiary/aromatic N) is 1. The molecule has 3 aromatic carbocycles. The van der Waals surface area contributed by atoms with Crippen LogP contribution < -0.4 is 5.73 Å². The number of hydroxylamine groups is 2. The average Bonchev–Trinajstić information content (AvgIpc) is 3.35. The normalized spacial score (nSPS) is 16.7. The highest BCUT2D eigenvalue weighted by molar-refractivity contribution is 6.30. The van der Waals surface area contributed by atoms with Gasteiger partial charge in [0, 0.05) is 16.7 Å². The molecule has 2 N–H and O–H groups in total. The summed E-state index contributed by atoms with van der Waals surface area (Å²) in [5, 5.41) is 4.91.